The molecular weight excluding hydrogens is 497 g/mol. The average molecular weight is 522 g/mol. The van der Waals surface area contributed by atoms with Gasteiger partial charge in [0, 0.05) is 23.9 Å². The molecule has 1 saturated carbocycles. The van der Waals surface area contributed by atoms with Crippen LogP contribution in [0.3, 0.4) is 0 Å². The zero-order chi connectivity index (χ0) is 23.8. The van der Waals surface area contributed by atoms with E-state index in [1.54, 1.807) is 23.9 Å². The number of amidine groups is 1. The van der Waals surface area contributed by atoms with E-state index in [1.807, 2.05) is 0 Å². The molecule has 0 radical (unpaired) electrons. The van der Waals surface area contributed by atoms with Crippen molar-refractivity contribution in [2.45, 2.75) is 43.0 Å². The molecule has 10 heteroatoms. The standard InChI is InChI=1S/C24H25ClFN3O3S2/c25-18-12-21-22(11-16(18)15-6-7-19(26)17(10-15)23(30)31)34(32)28-20(14-4-2-1-3-5-14)13-29(21)24-27-8-9-33-24/h6-7,10-12,14,20,28H,1-5,8-9,13H2,(H,30,31)/t20-,34?/m0/s1. The lowest BCUT2D eigenvalue weighted by Gasteiger charge is -2.33. The molecule has 0 aromatic heterocycles. The van der Waals surface area contributed by atoms with Gasteiger partial charge in [0.15, 0.2) is 5.17 Å². The van der Waals surface area contributed by atoms with Crippen molar-refractivity contribution < 1.29 is 18.5 Å². The van der Waals surface area contributed by atoms with E-state index in [0.29, 0.717) is 33.5 Å². The van der Waals surface area contributed by atoms with Gasteiger partial charge in [-0.25, -0.2) is 18.1 Å². The summed E-state index contributed by atoms with van der Waals surface area (Å²) < 4.78 is 30.9. The first-order valence-corrected chi connectivity index (χ1v) is 13.9. The summed E-state index contributed by atoms with van der Waals surface area (Å²) in [6, 6.07) is 7.42. The summed E-state index contributed by atoms with van der Waals surface area (Å²) >= 11 is 8.38. The SMILES string of the molecule is O=C(O)c1cc(-c2cc3c(cc2Cl)N(C2=NCCS2)C[C@@H](C2CCCCC2)NS3=O)ccc1F. The van der Waals surface area contributed by atoms with Crippen LogP contribution >= 0.6 is 23.4 Å². The van der Waals surface area contributed by atoms with E-state index >= 15 is 0 Å². The van der Waals surface area contributed by atoms with Gasteiger partial charge in [0.05, 0.1) is 27.7 Å². The van der Waals surface area contributed by atoms with Gasteiger partial charge in [0.2, 0.25) is 0 Å². The maximum Gasteiger partial charge on any atom is 0.338 e. The van der Waals surface area contributed by atoms with Crippen molar-refractivity contribution in [3.8, 4) is 11.1 Å². The molecule has 1 aliphatic carbocycles. The van der Waals surface area contributed by atoms with E-state index in [2.05, 4.69) is 14.6 Å². The molecule has 1 fully saturated rings. The number of hydrogen-bond donors (Lipinski definition) is 2. The third-order valence-electron chi connectivity index (χ3n) is 6.70. The van der Waals surface area contributed by atoms with Gasteiger partial charge in [-0.05, 0) is 48.6 Å². The van der Waals surface area contributed by atoms with Crippen LogP contribution in [0.4, 0.5) is 10.1 Å². The summed E-state index contributed by atoms with van der Waals surface area (Å²) in [6.45, 7) is 1.40. The van der Waals surface area contributed by atoms with Crippen LogP contribution in [0.5, 0.6) is 0 Å². The van der Waals surface area contributed by atoms with E-state index in [0.717, 1.165) is 42.1 Å². The normalized spacial score (nSPS) is 23.4. The highest BCUT2D eigenvalue weighted by Gasteiger charge is 2.35. The van der Waals surface area contributed by atoms with Gasteiger partial charge in [-0.2, -0.15) is 0 Å². The number of rotatable bonds is 3. The summed E-state index contributed by atoms with van der Waals surface area (Å²) in [4.78, 5) is 18.8. The summed E-state index contributed by atoms with van der Waals surface area (Å²) in [5, 5.41) is 10.6. The van der Waals surface area contributed by atoms with Crippen LogP contribution in [-0.2, 0) is 11.0 Å². The number of anilines is 1. The number of nitrogens with one attached hydrogen (secondary N) is 1. The Bertz CT molecular complexity index is 1190. The topological polar surface area (TPSA) is 82.0 Å². The Balaban J connectivity index is 1.59. The lowest BCUT2D eigenvalue weighted by Crippen LogP contribution is -2.45. The molecule has 1 unspecified atom stereocenters. The van der Waals surface area contributed by atoms with E-state index in [-0.39, 0.29) is 6.04 Å². The van der Waals surface area contributed by atoms with Gasteiger partial charge in [0.1, 0.15) is 16.8 Å². The second-order valence-electron chi connectivity index (χ2n) is 8.81. The zero-order valence-corrected chi connectivity index (χ0v) is 20.8. The second-order valence-corrected chi connectivity index (χ2v) is 11.5. The average Bonchev–Trinajstić information content (AvgIpc) is 3.32. The number of benzene rings is 2. The molecule has 0 amide bonds. The highest BCUT2D eigenvalue weighted by Crippen LogP contribution is 2.40. The molecule has 2 aromatic rings. The highest BCUT2D eigenvalue weighted by atomic mass is 35.5. The molecule has 0 spiro atoms. The second kappa shape index (κ2) is 9.97. The number of aromatic carboxylic acids is 1. The van der Waals surface area contributed by atoms with Crippen LogP contribution < -0.4 is 9.62 Å². The Kier molecular flexibility index (Phi) is 6.97. The molecule has 0 bridgehead atoms. The Morgan fingerprint density at radius 3 is 2.74 bits per heavy atom. The fourth-order valence-corrected chi connectivity index (χ4v) is 7.36. The van der Waals surface area contributed by atoms with Gasteiger partial charge in [-0.15, -0.1) is 0 Å². The Hall–Kier alpha value is -1.94. The molecule has 3 aliphatic rings. The van der Waals surface area contributed by atoms with E-state index in [9.17, 15) is 18.5 Å². The number of hydrogen-bond acceptors (Lipinski definition) is 5. The number of carboxylic acid groups (broad SMARTS) is 1. The van der Waals surface area contributed by atoms with E-state index < -0.39 is 28.3 Å². The van der Waals surface area contributed by atoms with Crippen LogP contribution in [0.1, 0.15) is 42.5 Å². The van der Waals surface area contributed by atoms with Crippen molar-refractivity contribution in [1.29, 1.82) is 0 Å². The van der Waals surface area contributed by atoms with Crippen molar-refractivity contribution in [2.24, 2.45) is 10.9 Å². The summed E-state index contributed by atoms with van der Waals surface area (Å²) in [5.41, 5.74) is 1.27. The molecule has 34 heavy (non-hydrogen) atoms. The van der Waals surface area contributed by atoms with Gasteiger partial charge in [-0.3, -0.25) is 4.99 Å². The van der Waals surface area contributed by atoms with Crippen molar-refractivity contribution in [2.75, 3.05) is 23.7 Å². The number of halogens is 2. The van der Waals surface area contributed by atoms with Crippen LogP contribution in [0.15, 0.2) is 40.2 Å². The van der Waals surface area contributed by atoms with Gasteiger partial charge in [-0.1, -0.05) is 48.7 Å². The fourth-order valence-electron chi connectivity index (χ4n) is 4.96. The number of thioether (sulfide) groups is 1. The first kappa shape index (κ1) is 23.8. The predicted molar refractivity (Wildman–Crippen MR) is 136 cm³/mol. The lowest BCUT2D eigenvalue weighted by atomic mass is 9.84. The number of fused-ring (bicyclic) bond motifs is 1. The highest BCUT2D eigenvalue weighted by molar-refractivity contribution is 8.14. The smallest absolute Gasteiger partial charge is 0.338 e. The number of carbonyl (C=O) groups is 1. The van der Waals surface area contributed by atoms with Crippen molar-refractivity contribution in [1.82, 2.24) is 4.72 Å². The maximum atomic E-state index is 14.0. The maximum absolute atomic E-state index is 14.0. The Morgan fingerprint density at radius 1 is 1.24 bits per heavy atom. The Labute approximate surface area is 209 Å². The largest absolute Gasteiger partial charge is 0.478 e. The first-order chi connectivity index (χ1) is 16.4. The molecular formula is C24H25ClFN3O3S2. The minimum absolute atomic E-state index is 0.0455. The molecule has 5 rings (SSSR count). The predicted octanol–water partition coefficient (Wildman–Crippen LogP) is 5.33. The molecule has 2 aliphatic heterocycles. The van der Waals surface area contributed by atoms with Crippen LogP contribution in [0.25, 0.3) is 11.1 Å². The third kappa shape index (κ3) is 4.63. The molecule has 2 heterocycles. The van der Waals surface area contributed by atoms with Crippen LogP contribution in [0, 0.1) is 11.7 Å². The molecule has 6 nitrogen and oxygen atoms in total. The number of nitrogens with zero attached hydrogens (tertiary/aromatic N) is 2. The first-order valence-electron chi connectivity index (χ1n) is 11.4. The van der Waals surface area contributed by atoms with E-state index in [1.165, 1.54) is 31.4 Å². The quantitative estimate of drug-likeness (QED) is 0.570. The summed E-state index contributed by atoms with van der Waals surface area (Å²) in [5.74, 6) is -0.824. The number of aliphatic imine (C=N–C) groups is 1. The third-order valence-corrected chi connectivity index (χ3v) is 9.25. The molecule has 2 aromatic carbocycles. The van der Waals surface area contributed by atoms with Crippen molar-refractivity contribution in [3.63, 3.8) is 0 Å². The Morgan fingerprint density at radius 2 is 2.03 bits per heavy atom. The fraction of sp³-hybridized carbons (Fsp3) is 0.417. The molecule has 180 valence electrons. The van der Waals surface area contributed by atoms with Crippen LogP contribution in [0.2, 0.25) is 5.02 Å². The lowest BCUT2D eigenvalue weighted by molar-refractivity contribution is 0.0692. The van der Waals surface area contributed by atoms with Gasteiger partial charge >= 0.3 is 5.97 Å². The van der Waals surface area contributed by atoms with Gasteiger partial charge in [0.25, 0.3) is 0 Å². The molecule has 2 N–H and O–H groups in total. The van der Waals surface area contributed by atoms with Crippen LogP contribution in [-0.4, -0.2) is 45.3 Å². The minimum atomic E-state index is -1.50. The number of carboxylic acids is 1. The molecule has 0 saturated heterocycles. The molecule has 2 atom stereocenters. The summed E-state index contributed by atoms with van der Waals surface area (Å²) in [6.07, 6.45) is 5.83. The van der Waals surface area contributed by atoms with E-state index in [4.69, 9.17) is 11.6 Å². The minimum Gasteiger partial charge on any atom is -0.478 e. The van der Waals surface area contributed by atoms with Gasteiger partial charge < -0.3 is 10.0 Å². The summed E-state index contributed by atoms with van der Waals surface area (Å²) in [7, 11) is -1.50. The zero-order valence-electron chi connectivity index (χ0n) is 18.4. The monoisotopic (exact) mass is 521 g/mol. The van der Waals surface area contributed by atoms with Crippen molar-refractivity contribution in [3.05, 3.63) is 46.7 Å². The van der Waals surface area contributed by atoms with Crippen molar-refractivity contribution >= 4 is 51.2 Å².